The van der Waals surface area contributed by atoms with Crippen molar-refractivity contribution in [3.8, 4) is 0 Å². The molecule has 2 N–H and O–H groups in total. The van der Waals surface area contributed by atoms with Crippen LogP contribution in [0.2, 0.25) is 0 Å². The molecule has 0 saturated heterocycles. The van der Waals surface area contributed by atoms with Gasteiger partial charge in [0, 0.05) is 24.1 Å². The summed E-state index contributed by atoms with van der Waals surface area (Å²) in [5.41, 5.74) is 3.80. The maximum Gasteiger partial charge on any atom is 0.251 e. The Labute approximate surface area is 158 Å². The molecule has 1 amide bonds. The van der Waals surface area contributed by atoms with Gasteiger partial charge in [-0.25, -0.2) is 4.98 Å². The minimum Gasteiger partial charge on any atom is -0.349 e. The minimum absolute atomic E-state index is 0.0312. The first-order chi connectivity index (χ1) is 13.0. The first kappa shape index (κ1) is 18.6. The van der Waals surface area contributed by atoms with E-state index in [1.807, 2.05) is 37.3 Å². The van der Waals surface area contributed by atoms with Crippen LogP contribution in [-0.4, -0.2) is 15.9 Å². The number of benzene rings is 2. The van der Waals surface area contributed by atoms with Crippen LogP contribution >= 0.6 is 0 Å². The summed E-state index contributed by atoms with van der Waals surface area (Å²) in [7, 11) is 0. The van der Waals surface area contributed by atoms with Crippen LogP contribution in [0.4, 0.5) is 0 Å². The van der Waals surface area contributed by atoms with Gasteiger partial charge in [-0.3, -0.25) is 9.59 Å². The van der Waals surface area contributed by atoms with E-state index in [0.29, 0.717) is 17.9 Å². The maximum atomic E-state index is 12.6. The Morgan fingerprint density at radius 1 is 1.04 bits per heavy atom. The molecule has 1 heterocycles. The van der Waals surface area contributed by atoms with Crippen LogP contribution in [-0.2, 0) is 11.3 Å². The maximum absolute atomic E-state index is 12.6. The zero-order valence-corrected chi connectivity index (χ0v) is 15.5. The summed E-state index contributed by atoms with van der Waals surface area (Å²) in [6.07, 6.45) is 0.323. The molecule has 5 heteroatoms. The van der Waals surface area contributed by atoms with Gasteiger partial charge >= 0.3 is 0 Å². The lowest BCUT2D eigenvalue weighted by molar-refractivity contribution is -0.121. The number of hydrogen-bond donors (Lipinski definition) is 2. The first-order valence-corrected chi connectivity index (χ1v) is 8.96. The van der Waals surface area contributed by atoms with E-state index in [4.69, 9.17) is 0 Å². The van der Waals surface area contributed by atoms with Crippen molar-refractivity contribution in [3.05, 3.63) is 99.2 Å². The second-order valence-electron chi connectivity index (χ2n) is 6.69. The Bertz CT molecular complexity index is 963. The number of hydrogen-bond acceptors (Lipinski definition) is 3. The molecule has 0 spiro atoms. The van der Waals surface area contributed by atoms with Gasteiger partial charge in [-0.1, -0.05) is 60.2 Å². The minimum atomic E-state index is -0.214. The zero-order valence-electron chi connectivity index (χ0n) is 15.5. The smallest absolute Gasteiger partial charge is 0.251 e. The highest BCUT2D eigenvalue weighted by molar-refractivity contribution is 5.77. The lowest BCUT2D eigenvalue weighted by atomic mass is 9.88. The second kappa shape index (κ2) is 8.45. The van der Waals surface area contributed by atoms with Crippen LogP contribution < -0.4 is 10.9 Å². The topological polar surface area (TPSA) is 74.8 Å². The van der Waals surface area contributed by atoms with Gasteiger partial charge in [-0.15, -0.1) is 0 Å². The number of H-pyrrole nitrogens is 1. The molecule has 27 heavy (non-hydrogen) atoms. The van der Waals surface area contributed by atoms with E-state index < -0.39 is 0 Å². The fraction of sp³-hybridized carbons (Fsp3) is 0.227. The second-order valence-corrected chi connectivity index (χ2v) is 6.69. The summed E-state index contributed by atoms with van der Waals surface area (Å²) < 4.78 is 0. The van der Waals surface area contributed by atoms with Crippen molar-refractivity contribution in [1.29, 1.82) is 0 Å². The van der Waals surface area contributed by atoms with E-state index in [2.05, 4.69) is 39.6 Å². The number of nitrogens with zero attached hydrogens (tertiary/aromatic N) is 1. The molecular weight excluding hydrogens is 338 g/mol. The SMILES string of the molecule is Cc1ccc(C(CC(=O)NCc2nc(C)cc(=O)[nH]2)c2ccccc2)cc1. The summed E-state index contributed by atoms with van der Waals surface area (Å²) in [6.45, 7) is 4.00. The van der Waals surface area contributed by atoms with Crippen LogP contribution in [0.3, 0.4) is 0 Å². The predicted octanol–water partition coefficient (Wildman–Crippen LogP) is 3.23. The molecule has 1 unspecified atom stereocenters. The van der Waals surface area contributed by atoms with Crippen molar-refractivity contribution in [2.45, 2.75) is 32.7 Å². The Kier molecular flexibility index (Phi) is 5.81. The molecule has 138 valence electrons. The van der Waals surface area contributed by atoms with Crippen LogP contribution in [0.25, 0.3) is 0 Å². The van der Waals surface area contributed by atoms with Gasteiger partial charge in [-0.05, 0) is 25.0 Å². The summed E-state index contributed by atoms with van der Waals surface area (Å²) in [4.78, 5) is 31.0. The van der Waals surface area contributed by atoms with Gasteiger partial charge in [0.2, 0.25) is 5.91 Å². The number of carbonyl (C=O) groups excluding carboxylic acids is 1. The Hall–Kier alpha value is -3.21. The third-order valence-corrected chi connectivity index (χ3v) is 4.44. The van der Waals surface area contributed by atoms with Crippen LogP contribution in [0.5, 0.6) is 0 Å². The molecule has 0 aliphatic heterocycles. The van der Waals surface area contributed by atoms with Gasteiger partial charge in [0.15, 0.2) is 0 Å². The van der Waals surface area contributed by atoms with E-state index in [9.17, 15) is 9.59 Å². The van der Waals surface area contributed by atoms with Crippen molar-refractivity contribution in [3.63, 3.8) is 0 Å². The van der Waals surface area contributed by atoms with Crippen LogP contribution in [0.15, 0.2) is 65.5 Å². The van der Waals surface area contributed by atoms with Crippen molar-refractivity contribution >= 4 is 5.91 Å². The highest BCUT2D eigenvalue weighted by atomic mass is 16.1. The average molecular weight is 361 g/mol. The number of rotatable bonds is 6. The molecule has 1 aromatic heterocycles. The fourth-order valence-corrected chi connectivity index (χ4v) is 3.08. The summed E-state index contributed by atoms with van der Waals surface area (Å²) in [5, 5.41) is 2.86. The average Bonchev–Trinajstić information content (AvgIpc) is 2.65. The fourth-order valence-electron chi connectivity index (χ4n) is 3.08. The third-order valence-electron chi connectivity index (χ3n) is 4.44. The van der Waals surface area contributed by atoms with Crippen molar-refractivity contribution < 1.29 is 4.79 Å². The third kappa shape index (κ3) is 5.14. The van der Waals surface area contributed by atoms with Gasteiger partial charge in [0.05, 0.1) is 6.54 Å². The summed E-state index contributed by atoms with van der Waals surface area (Å²) in [6, 6.07) is 19.7. The van der Waals surface area contributed by atoms with Gasteiger partial charge < -0.3 is 10.3 Å². The molecule has 0 bridgehead atoms. The number of aromatic nitrogens is 2. The van der Waals surface area contributed by atoms with E-state index in [1.54, 1.807) is 6.92 Å². The number of carbonyl (C=O) groups is 1. The Morgan fingerprint density at radius 3 is 2.37 bits per heavy atom. The predicted molar refractivity (Wildman–Crippen MR) is 106 cm³/mol. The number of nitrogens with one attached hydrogen (secondary N) is 2. The molecule has 1 atom stereocenters. The molecule has 0 aliphatic carbocycles. The lowest BCUT2D eigenvalue weighted by Crippen LogP contribution is -2.27. The first-order valence-electron chi connectivity index (χ1n) is 8.96. The molecular formula is C22H23N3O2. The molecule has 2 aromatic carbocycles. The number of amides is 1. The summed E-state index contributed by atoms with van der Waals surface area (Å²) >= 11 is 0. The van der Waals surface area contributed by atoms with Crippen molar-refractivity contribution in [1.82, 2.24) is 15.3 Å². The van der Waals surface area contributed by atoms with E-state index in [0.717, 1.165) is 11.1 Å². The Balaban J connectivity index is 1.74. The highest BCUT2D eigenvalue weighted by Gasteiger charge is 2.18. The Morgan fingerprint density at radius 2 is 1.70 bits per heavy atom. The van der Waals surface area contributed by atoms with E-state index in [-0.39, 0.29) is 23.9 Å². The molecule has 0 aliphatic rings. The van der Waals surface area contributed by atoms with Gasteiger partial charge in [0.1, 0.15) is 5.82 Å². The standard InChI is InChI=1S/C22H23N3O2/c1-15-8-10-18(11-9-15)19(17-6-4-3-5-7-17)13-21(26)23-14-20-24-16(2)12-22(27)25-20/h3-12,19H,13-14H2,1-2H3,(H,23,26)(H,24,25,27). The van der Waals surface area contributed by atoms with Crippen molar-refractivity contribution in [2.24, 2.45) is 0 Å². The number of aryl methyl sites for hydroxylation is 2. The van der Waals surface area contributed by atoms with Gasteiger partial charge in [-0.2, -0.15) is 0 Å². The summed E-state index contributed by atoms with van der Waals surface area (Å²) in [5.74, 6) is 0.338. The largest absolute Gasteiger partial charge is 0.349 e. The van der Waals surface area contributed by atoms with E-state index >= 15 is 0 Å². The number of aromatic amines is 1. The van der Waals surface area contributed by atoms with Gasteiger partial charge in [0.25, 0.3) is 5.56 Å². The molecule has 3 rings (SSSR count). The lowest BCUT2D eigenvalue weighted by Gasteiger charge is -2.18. The quantitative estimate of drug-likeness (QED) is 0.708. The molecule has 0 saturated carbocycles. The zero-order chi connectivity index (χ0) is 19.2. The van der Waals surface area contributed by atoms with E-state index in [1.165, 1.54) is 11.6 Å². The van der Waals surface area contributed by atoms with Crippen LogP contribution in [0, 0.1) is 13.8 Å². The molecule has 3 aromatic rings. The molecule has 5 nitrogen and oxygen atoms in total. The monoisotopic (exact) mass is 361 g/mol. The highest BCUT2D eigenvalue weighted by Crippen LogP contribution is 2.28. The van der Waals surface area contributed by atoms with Crippen molar-refractivity contribution in [2.75, 3.05) is 0 Å². The van der Waals surface area contributed by atoms with Crippen LogP contribution in [0.1, 0.15) is 40.5 Å². The molecule has 0 radical (unpaired) electrons. The molecule has 0 fully saturated rings. The normalized spacial score (nSPS) is 11.8.